The number of carbonyl (C=O) groups is 2. The van der Waals surface area contributed by atoms with Gasteiger partial charge in [-0.25, -0.2) is 4.79 Å². The van der Waals surface area contributed by atoms with Gasteiger partial charge in [0.25, 0.3) is 0 Å². The van der Waals surface area contributed by atoms with Gasteiger partial charge in [0.15, 0.2) is 0 Å². The molecule has 14 aliphatic rings. The summed E-state index contributed by atoms with van der Waals surface area (Å²) in [6, 6.07) is 26.3. The molecule has 3 spiro atoms. The number of carbonyl (C=O) groups excluding carboxylic acids is 2. The molecule has 3 aromatic rings. The lowest BCUT2D eigenvalue weighted by atomic mass is 9.32. The van der Waals surface area contributed by atoms with Gasteiger partial charge in [0.05, 0.1) is 35.4 Å². The molecule has 10 fully saturated rings. The smallest absolute Gasteiger partial charge is 0.331 e. The van der Waals surface area contributed by atoms with E-state index in [0.717, 1.165) is 112 Å². The minimum Gasteiger partial charge on any atom is -0.454 e. The van der Waals surface area contributed by atoms with Crippen LogP contribution in [-0.4, -0.2) is 80.9 Å². The average Bonchev–Trinajstić information content (AvgIpc) is 1.35. The number of likely N-dealkylation sites (N-methyl/N-ethyl adjacent to an activating group) is 1. The third-order valence-electron chi connectivity index (χ3n) is 28.3. The molecule has 3 aliphatic heterocycles. The molecule has 0 amide bonds. The Morgan fingerprint density at radius 2 is 1.58 bits per heavy atom. The number of benzene rings is 3. The van der Waals surface area contributed by atoms with E-state index >= 15 is 20.1 Å². The fourth-order valence-electron chi connectivity index (χ4n) is 25.1. The molecule has 446 valence electrons. The number of aryl methyl sites for hydroxylation is 1. The molecule has 9 saturated carbocycles. The third-order valence-corrected chi connectivity index (χ3v) is 28.3. The molecule has 84 heavy (non-hydrogen) atoms. The first-order valence-electron chi connectivity index (χ1n) is 33.9. The summed E-state index contributed by atoms with van der Waals surface area (Å²) < 4.78 is 14.5. The van der Waals surface area contributed by atoms with Gasteiger partial charge in [0, 0.05) is 51.7 Å². The van der Waals surface area contributed by atoms with Crippen molar-refractivity contribution in [2.24, 2.45) is 92.7 Å². The number of nitrogens with one attached hydrogen (secondary N) is 1. The summed E-state index contributed by atoms with van der Waals surface area (Å²) >= 11 is 0. The molecule has 9 heteroatoms. The first-order valence-corrected chi connectivity index (χ1v) is 33.9. The van der Waals surface area contributed by atoms with Crippen molar-refractivity contribution in [1.82, 2.24) is 5.32 Å². The van der Waals surface area contributed by atoms with Gasteiger partial charge in [0.1, 0.15) is 18.0 Å². The number of aliphatic hydroxyl groups is 4. The maximum absolute atomic E-state index is 15.9. The summed E-state index contributed by atoms with van der Waals surface area (Å²) in [4.78, 5) is 30.0. The second-order valence-electron chi connectivity index (χ2n) is 31.4. The van der Waals surface area contributed by atoms with Gasteiger partial charge in [-0.1, -0.05) is 98.3 Å². The number of ether oxygens (including phenoxy) is 2. The monoisotopic (exact) mass is 1140 g/mol. The number of hydrogen-bond acceptors (Lipinski definition) is 9. The van der Waals surface area contributed by atoms with E-state index in [1.165, 1.54) is 42.2 Å². The minimum absolute atomic E-state index is 0.00500. The lowest BCUT2D eigenvalue weighted by Gasteiger charge is -2.75. The number of esters is 1. The second-order valence-corrected chi connectivity index (χ2v) is 31.4. The van der Waals surface area contributed by atoms with Crippen LogP contribution >= 0.6 is 0 Å². The molecule has 12 bridgehead atoms. The Labute approximate surface area is 499 Å². The van der Waals surface area contributed by atoms with Crippen LogP contribution in [0.25, 0.3) is 0 Å². The SMILES string of the molecule is CNC1Cc2c(cccc2CO)C#CC2(CCCC2)CC23CCC4C(O)(CC5CC6CCC7C8OC(Cc9cccc(c9)CC9CCC(C9)C6C)CC6CC(CCc9ccccc9)CC68CC4(C=O)C57O)C2(O)CC2CC1C1OC(=O)C=C1C23. The number of rotatable bonds is 6. The zero-order valence-electron chi connectivity index (χ0n) is 50.1. The van der Waals surface area contributed by atoms with Crippen LogP contribution in [0, 0.1) is 105 Å². The van der Waals surface area contributed by atoms with E-state index in [0.29, 0.717) is 68.6 Å². The Bertz CT molecular complexity index is 3190. The van der Waals surface area contributed by atoms with Crippen molar-refractivity contribution in [3.8, 4) is 11.8 Å². The molecule has 9 nitrogen and oxygen atoms in total. The van der Waals surface area contributed by atoms with Crippen LogP contribution in [0.5, 0.6) is 0 Å². The van der Waals surface area contributed by atoms with E-state index in [9.17, 15) is 9.90 Å². The topological polar surface area (TPSA) is 146 Å². The van der Waals surface area contributed by atoms with Crippen LogP contribution in [0.3, 0.4) is 0 Å². The van der Waals surface area contributed by atoms with E-state index in [-0.39, 0.29) is 72.8 Å². The van der Waals surface area contributed by atoms with Crippen molar-refractivity contribution in [1.29, 1.82) is 0 Å². The molecule has 5 N–H and O–H groups in total. The fraction of sp³-hybridized carbons (Fsp3) is 0.680. The van der Waals surface area contributed by atoms with Crippen molar-refractivity contribution in [2.75, 3.05) is 7.05 Å². The summed E-state index contributed by atoms with van der Waals surface area (Å²) in [6.07, 6.45) is 23.1. The maximum Gasteiger partial charge on any atom is 0.331 e. The summed E-state index contributed by atoms with van der Waals surface area (Å²) in [5, 5.41) is 60.5. The molecular weight excluding hydrogens is 1040 g/mol. The van der Waals surface area contributed by atoms with E-state index in [1.54, 1.807) is 6.08 Å². The fourth-order valence-corrected chi connectivity index (χ4v) is 25.1. The number of aldehydes is 1. The highest BCUT2D eigenvalue weighted by atomic mass is 16.5. The van der Waals surface area contributed by atoms with E-state index < -0.39 is 56.4 Å². The highest BCUT2D eigenvalue weighted by Gasteiger charge is 2.86. The number of hydrogen-bond donors (Lipinski definition) is 5. The largest absolute Gasteiger partial charge is 0.454 e. The Hall–Kier alpha value is -4.14. The predicted octanol–water partition coefficient (Wildman–Crippen LogP) is 11.4. The van der Waals surface area contributed by atoms with E-state index in [2.05, 4.69) is 84.7 Å². The van der Waals surface area contributed by atoms with E-state index in [4.69, 9.17) is 9.47 Å². The molecule has 1 saturated heterocycles. The molecule has 11 aliphatic carbocycles. The minimum atomic E-state index is -1.74. The van der Waals surface area contributed by atoms with Crippen LogP contribution in [0.4, 0.5) is 0 Å². The Morgan fingerprint density at radius 1 is 0.786 bits per heavy atom. The summed E-state index contributed by atoms with van der Waals surface area (Å²) in [5.41, 5.74) is -0.0579. The molecule has 0 radical (unpaired) electrons. The predicted molar refractivity (Wildman–Crippen MR) is 322 cm³/mol. The van der Waals surface area contributed by atoms with Gasteiger partial charge in [0.2, 0.25) is 0 Å². The second kappa shape index (κ2) is 19.9. The van der Waals surface area contributed by atoms with Crippen molar-refractivity contribution in [2.45, 2.75) is 215 Å². The third kappa shape index (κ3) is 7.80. The van der Waals surface area contributed by atoms with Crippen LogP contribution in [0.1, 0.15) is 175 Å². The van der Waals surface area contributed by atoms with Gasteiger partial charge in [-0.2, -0.15) is 0 Å². The van der Waals surface area contributed by atoms with Gasteiger partial charge in [-0.3, -0.25) is 0 Å². The molecule has 22 unspecified atom stereocenters. The number of aliphatic hydroxyl groups excluding tert-OH is 1. The summed E-state index contributed by atoms with van der Waals surface area (Å²) in [7, 11) is 1.99. The van der Waals surface area contributed by atoms with Crippen molar-refractivity contribution in [3.05, 3.63) is 118 Å². The zero-order chi connectivity index (χ0) is 57.2. The lowest BCUT2D eigenvalue weighted by Crippen LogP contribution is -2.83. The first kappa shape index (κ1) is 55.2. The quantitative estimate of drug-likeness (QED) is 0.0925. The van der Waals surface area contributed by atoms with Crippen molar-refractivity contribution >= 4 is 12.3 Å². The molecule has 3 aromatic carbocycles. The van der Waals surface area contributed by atoms with Gasteiger partial charge < -0.3 is 40.0 Å². The first-order chi connectivity index (χ1) is 40.7. The Morgan fingerprint density at radius 3 is 2.39 bits per heavy atom. The molecule has 0 aromatic heterocycles. The van der Waals surface area contributed by atoms with Crippen LogP contribution in [0.15, 0.2) is 84.4 Å². The molecule has 3 heterocycles. The van der Waals surface area contributed by atoms with Crippen LogP contribution < -0.4 is 5.32 Å². The maximum atomic E-state index is 15.9. The van der Waals surface area contributed by atoms with Gasteiger partial charge in [-0.05, 0) is 247 Å². The Balaban J connectivity index is 0.878. The van der Waals surface area contributed by atoms with E-state index in [1.807, 2.05) is 19.2 Å². The van der Waals surface area contributed by atoms with Gasteiger partial charge in [-0.15, -0.1) is 0 Å². The Kier molecular flexibility index (Phi) is 13.1. The summed E-state index contributed by atoms with van der Waals surface area (Å²) in [5.74, 6) is 8.13. The standard InChI is InChI=1S/C75H93NO8/c1-45-52-19-18-49(30-52)29-47-12-8-13-48(28-47)32-58-35-56-31-50(17-16-46-10-4-3-5-11-46)38-70(56)43-72(44-78)64-23-27-71-42-69(24-6-7-25-69)26-22-51-14-9-15-54(41-77)59(51)36-63(76-2)60-34-55(66(71)61-37-65(79)84-67(60)61)39-74(71,81)73(64,80)40-57-33-53(45)20-21-62(68(70)83-58)75(57,72)82/h3-5,8-15,28,37,44-45,49-50,52-53,55-58,60,62-64,66-68,76-77,80-82H,6-7,16-21,23-25,27,29-36,38-43H2,1-2H3. The zero-order valence-corrected chi connectivity index (χ0v) is 50.1. The molecule has 17 rings (SSSR count). The highest BCUT2D eigenvalue weighted by Crippen LogP contribution is 2.81. The van der Waals surface area contributed by atoms with Crippen LogP contribution in [-0.2, 0) is 51.4 Å². The average molecular weight is 1140 g/mol. The molecular formula is C75H93NO8. The van der Waals surface area contributed by atoms with Crippen molar-refractivity contribution in [3.63, 3.8) is 0 Å². The highest BCUT2D eigenvalue weighted by molar-refractivity contribution is 5.86. The van der Waals surface area contributed by atoms with Gasteiger partial charge >= 0.3 is 5.97 Å². The van der Waals surface area contributed by atoms with Crippen molar-refractivity contribution < 1.29 is 39.5 Å². The van der Waals surface area contributed by atoms with Crippen LogP contribution in [0.2, 0.25) is 0 Å². The number of fused-ring (bicyclic) bond motifs is 11. The summed E-state index contributed by atoms with van der Waals surface area (Å²) in [6.45, 7) is 2.41. The molecule has 22 atom stereocenters. The normalized spacial score (nSPS) is 47.1. The lowest BCUT2D eigenvalue weighted by molar-refractivity contribution is -0.367.